The van der Waals surface area contributed by atoms with E-state index in [1.54, 1.807) is 7.11 Å². The van der Waals surface area contributed by atoms with Crippen LogP contribution in [0.5, 0.6) is 5.75 Å². The summed E-state index contributed by atoms with van der Waals surface area (Å²) in [4.78, 5) is 0. The van der Waals surface area contributed by atoms with Crippen LogP contribution >= 0.6 is 18.5 Å². The summed E-state index contributed by atoms with van der Waals surface area (Å²) in [6.45, 7) is 2.04. The van der Waals surface area contributed by atoms with Gasteiger partial charge in [-0.15, -0.1) is 0 Å². The number of halogens is 1. The number of para-hydroxylation sites is 1. The molecular weight excluding hydrogens is 251 g/mol. The van der Waals surface area contributed by atoms with Crippen LogP contribution in [0.2, 0.25) is 0 Å². The summed E-state index contributed by atoms with van der Waals surface area (Å²) in [5, 5.41) is 2.23. The highest BCUT2D eigenvalue weighted by Gasteiger charge is 2.16. The van der Waals surface area contributed by atoms with Crippen molar-refractivity contribution in [3.63, 3.8) is 0 Å². The van der Waals surface area contributed by atoms with Gasteiger partial charge in [-0.1, -0.05) is 53.7 Å². The molecule has 0 aliphatic heterocycles. The number of hydrogen-bond acceptors (Lipinski definition) is 1. The Bertz CT molecular complexity index is 499. The van der Waals surface area contributed by atoms with Gasteiger partial charge >= 0.3 is 0 Å². The Morgan fingerprint density at radius 3 is 2.35 bits per heavy atom. The van der Waals surface area contributed by atoms with Crippen molar-refractivity contribution in [2.45, 2.75) is 6.92 Å². The molecule has 0 radical (unpaired) electrons. The van der Waals surface area contributed by atoms with Crippen LogP contribution in [-0.4, -0.2) is 7.11 Å². The fraction of sp³-hybridized carbons (Fsp3) is 0.143. The first-order chi connectivity index (χ1) is 8.24. The number of hydrogen-bond donors (Lipinski definition) is 0. The van der Waals surface area contributed by atoms with Crippen LogP contribution in [0.3, 0.4) is 0 Å². The van der Waals surface area contributed by atoms with Crippen molar-refractivity contribution in [2.24, 2.45) is 0 Å². The molecule has 0 amide bonds. The monoisotopic (exact) mass is 264 g/mol. The Kier molecular flexibility index (Phi) is 4.04. The molecule has 0 spiro atoms. The molecule has 1 unspecified atom stereocenters. The highest BCUT2D eigenvalue weighted by atomic mass is 35.7. The molecule has 0 saturated carbocycles. The molecule has 0 bridgehead atoms. The fourth-order valence-corrected chi connectivity index (χ4v) is 3.87. The third-order valence-electron chi connectivity index (χ3n) is 2.59. The third kappa shape index (κ3) is 2.62. The number of aryl methyl sites for hydroxylation is 1. The smallest absolute Gasteiger partial charge is 0.130 e. The van der Waals surface area contributed by atoms with E-state index in [0.29, 0.717) is 0 Å². The van der Waals surface area contributed by atoms with Gasteiger partial charge in [-0.25, -0.2) is 0 Å². The lowest BCUT2D eigenvalue weighted by molar-refractivity contribution is 0.415. The third-order valence-corrected chi connectivity index (χ3v) is 5.25. The molecule has 0 saturated heterocycles. The molecule has 0 aliphatic carbocycles. The first-order valence-electron chi connectivity index (χ1n) is 5.38. The maximum atomic E-state index is 6.57. The SMILES string of the molecule is COc1c(C)cccc1P(Cl)c1ccccc1. The lowest BCUT2D eigenvalue weighted by Crippen LogP contribution is -2.11. The molecule has 2 aromatic carbocycles. The second-order valence-corrected chi connectivity index (χ2v) is 6.32. The molecular formula is C14H14ClOP. The lowest BCUT2D eigenvalue weighted by Gasteiger charge is -2.15. The highest BCUT2D eigenvalue weighted by molar-refractivity contribution is 7.95. The van der Waals surface area contributed by atoms with Gasteiger partial charge in [0.25, 0.3) is 0 Å². The molecule has 1 atom stereocenters. The Balaban J connectivity index is 2.44. The molecule has 0 aromatic heterocycles. The van der Waals surface area contributed by atoms with Gasteiger partial charge in [-0.05, 0) is 23.9 Å². The molecule has 0 heterocycles. The van der Waals surface area contributed by atoms with Crippen molar-refractivity contribution in [2.75, 3.05) is 7.11 Å². The first-order valence-corrected chi connectivity index (χ1v) is 7.63. The molecule has 2 rings (SSSR count). The Morgan fingerprint density at radius 1 is 1.00 bits per heavy atom. The van der Waals surface area contributed by atoms with E-state index in [1.165, 1.54) is 0 Å². The summed E-state index contributed by atoms with van der Waals surface area (Å²) in [7, 11) is 0.825. The fourth-order valence-electron chi connectivity index (χ4n) is 1.76. The van der Waals surface area contributed by atoms with E-state index in [1.807, 2.05) is 43.3 Å². The van der Waals surface area contributed by atoms with Crippen molar-refractivity contribution >= 4 is 29.1 Å². The summed E-state index contributed by atoms with van der Waals surface area (Å²) in [5.74, 6) is 0.900. The van der Waals surface area contributed by atoms with E-state index in [-0.39, 0.29) is 0 Å². The van der Waals surface area contributed by atoms with Crippen LogP contribution in [-0.2, 0) is 0 Å². The van der Waals surface area contributed by atoms with Crippen LogP contribution in [0.1, 0.15) is 5.56 Å². The van der Waals surface area contributed by atoms with Gasteiger partial charge in [0.05, 0.1) is 14.4 Å². The highest BCUT2D eigenvalue weighted by Crippen LogP contribution is 2.42. The second-order valence-electron chi connectivity index (χ2n) is 3.74. The number of rotatable bonds is 3. The Morgan fingerprint density at radius 2 is 1.71 bits per heavy atom. The van der Waals surface area contributed by atoms with Crippen LogP contribution in [0, 0.1) is 6.92 Å². The van der Waals surface area contributed by atoms with E-state index < -0.39 is 7.27 Å². The van der Waals surface area contributed by atoms with Crippen molar-refractivity contribution in [1.29, 1.82) is 0 Å². The largest absolute Gasteiger partial charge is 0.496 e. The van der Waals surface area contributed by atoms with Gasteiger partial charge < -0.3 is 4.74 Å². The maximum Gasteiger partial charge on any atom is 0.130 e. The Hall–Kier alpha value is -1.04. The van der Waals surface area contributed by atoms with Gasteiger partial charge in [0.15, 0.2) is 0 Å². The minimum absolute atomic E-state index is 0.866. The standard InChI is InChI=1S/C14H14ClOP/c1-11-7-6-10-13(14(11)16-2)17(15)12-8-4-3-5-9-12/h3-10H,1-2H3. The van der Waals surface area contributed by atoms with E-state index in [4.69, 9.17) is 16.0 Å². The minimum atomic E-state index is -0.866. The van der Waals surface area contributed by atoms with Gasteiger partial charge in [0, 0.05) is 5.30 Å². The molecule has 17 heavy (non-hydrogen) atoms. The molecule has 1 nitrogen and oxygen atoms in total. The zero-order valence-electron chi connectivity index (χ0n) is 9.85. The van der Waals surface area contributed by atoms with Crippen molar-refractivity contribution in [1.82, 2.24) is 0 Å². The predicted molar refractivity (Wildman–Crippen MR) is 76.2 cm³/mol. The van der Waals surface area contributed by atoms with Gasteiger partial charge in [0.2, 0.25) is 0 Å². The van der Waals surface area contributed by atoms with Crippen LogP contribution in [0.4, 0.5) is 0 Å². The number of ether oxygens (including phenoxy) is 1. The van der Waals surface area contributed by atoms with Crippen molar-refractivity contribution < 1.29 is 4.74 Å². The molecule has 0 N–H and O–H groups in total. The maximum absolute atomic E-state index is 6.57. The normalized spacial score (nSPS) is 12.2. The van der Waals surface area contributed by atoms with E-state index >= 15 is 0 Å². The first kappa shape index (κ1) is 12.4. The molecule has 88 valence electrons. The summed E-state index contributed by atoms with van der Waals surface area (Å²) >= 11 is 6.57. The quantitative estimate of drug-likeness (QED) is 0.770. The minimum Gasteiger partial charge on any atom is -0.496 e. The molecule has 2 aromatic rings. The molecule has 0 fully saturated rings. The van der Waals surface area contributed by atoms with Crippen LogP contribution in [0.15, 0.2) is 48.5 Å². The van der Waals surface area contributed by atoms with E-state index in [0.717, 1.165) is 21.9 Å². The van der Waals surface area contributed by atoms with Crippen LogP contribution in [0.25, 0.3) is 0 Å². The van der Waals surface area contributed by atoms with Crippen molar-refractivity contribution in [3.8, 4) is 5.75 Å². The summed E-state index contributed by atoms with van der Waals surface area (Å²) < 4.78 is 5.45. The number of methoxy groups -OCH3 is 1. The zero-order chi connectivity index (χ0) is 12.3. The average Bonchev–Trinajstić information content (AvgIpc) is 2.38. The Labute approximate surface area is 108 Å². The van der Waals surface area contributed by atoms with Gasteiger partial charge in [-0.2, -0.15) is 0 Å². The molecule has 3 heteroatoms. The zero-order valence-corrected chi connectivity index (χ0v) is 11.5. The number of benzene rings is 2. The van der Waals surface area contributed by atoms with Gasteiger partial charge in [0.1, 0.15) is 5.75 Å². The summed E-state index contributed by atoms with van der Waals surface area (Å²) in [6.07, 6.45) is 0. The van der Waals surface area contributed by atoms with Gasteiger partial charge in [-0.3, -0.25) is 0 Å². The predicted octanol–water partition coefficient (Wildman–Crippen LogP) is 3.59. The lowest BCUT2D eigenvalue weighted by atomic mass is 10.2. The second kappa shape index (κ2) is 5.53. The summed E-state index contributed by atoms with van der Waals surface area (Å²) in [6, 6.07) is 16.2. The van der Waals surface area contributed by atoms with Crippen LogP contribution < -0.4 is 15.3 Å². The van der Waals surface area contributed by atoms with Crippen molar-refractivity contribution in [3.05, 3.63) is 54.1 Å². The van der Waals surface area contributed by atoms with E-state index in [9.17, 15) is 0 Å². The van der Waals surface area contributed by atoms with E-state index in [2.05, 4.69) is 12.1 Å². The average molecular weight is 265 g/mol. The molecule has 0 aliphatic rings. The topological polar surface area (TPSA) is 9.23 Å². The summed E-state index contributed by atoms with van der Waals surface area (Å²) in [5.41, 5.74) is 1.12.